The van der Waals surface area contributed by atoms with Gasteiger partial charge in [-0.25, -0.2) is 9.59 Å². The van der Waals surface area contributed by atoms with Gasteiger partial charge in [0.25, 0.3) is 0 Å². The topological polar surface area (TPSA) is 123 Å². The van der Waals surface area contributed by atoms with Gasteiger partial charge in [0.15, 0.2) is 0 Å². The monoisotopic (exact) mass is 561 g/mol. The number of nitrogens with one attached hydrogen (secondary N) is 2. The molecule has 0 aliphatic carbocycles. The molecule has 2 N–H and O–H groups in total. The first-order valence-corrected chi connectivity index (χ1v) is 13.7. The molecule has 1 aromatic carbocycles. The van der Waals surface area contributed by atoms with Crippen LogP contribution in [0.4, 0.5) is 9.59 Å². The van der Waals surface area contributed by atoms with Crippen molar-refractivity contribution in [2.45, 2.75) is 71.4 Å². The van der Waals surface area contributed by atoms with E-state index in [1.54, 1.807) is 50.5 Å². The summed E-state index contributed by atoms with van der Waals surface area (Å²) in [7, 11) is 0. The maximum Gasteiger partial charge on any atom is 0.408 e. The first-order valence-electron chi connectivity index (χ1n) is 13.7. The van der Waals surface area contributed by atoms with Crippen molar-refractivity contribution in [3.63, 3.8) is 0 Å². The smallest absolute Gasteiger partial charge is 0.408 e. The minimum Gasteiger partial charge on any atom is -0.445 e. The molecule has 41 heavy (non-hydrogen) atoms. The van der Waals surface area contributed by atoms with Crippen molar-refractivity contribution >= 4 is 18.1 Å². The largest absolute Gasteiger partial charge is 0.445 e. The second-order valence-corrected chi connectivity index (χ2v) is 10.6. The fourth-order valence-corrected chi connectivity index (χ4v) is 3.99. The highest BCUT2D eigenvalue weighted by atomic mass is 16.6. The van der Waals surface area contributed by atoms with Gasteiger partial charge in [0.05, 0.1) is 0 Å². The molecular formula is C31H39N5O5. The number of alkyl carbamates (subject to hydrolysis) is 2. The molecule has 1 atom stereocenters. The fourth-order valence-electron chi connectivity index (χ4n) is 3.99. The van der Waals surface area contributed by atoms with Crippen LogP contribution in [-0.2, 0) is 34.0 Å². The minimum absolute atomic E-state index is 0.188. The van der Waals surface area contributed by atoms with Crippen LogP contribution in [-0.4, -0.2) is 51.1 Å². The molecule has 0 aliphatic rings. The Bertz CT molecular complexity index is 1180. The summed E-state index contributed by atoms with van der Waals surface area (Å²) in [6.45, 7) is 6.55. The molecule has 0 fully saturated rings. The van der Waals surface area contributed by atoms with Gasteiger partial charge in [-0.1, -0.05) is 30.3 Å². The average Bonchev–Trinajstić information content (AvgIpc) is 2.95. The van der Waals surface area contributed by atoms with E-state index in [1.165, 1.54) is 0 Å². The van der Waals surface area contributed by atoms with Crippen LogP contribution in [0.25, 0.3) is 0 Å². The zero-order valence-corrected chi connectivity index (χ0v) is 23.9. The van der Waals surface area contributed by atoms with E-state index < -0.39 is 23.8 Å². The maximum atomic E-state index is 13.9. The molecule has 0 spiro atoms. The van der Waals surface area contributed by atoms with Gasteiger partial charge in [-0.2, -0.15) is 0 Å². The van der Waals surface area contributed by atoms with Crippen LogP contribution in [0.1, 0.15) is 56.7 Å². The molecule has 0 bridgehead atoms. The SMILES string of the molecule is CC(C)(C)OC(=O)N[C@@H](CCCCNC(=O)OCc1ccccc1)C(=O)N(Cc1ccncc1)Cc1ccncc1. The molecule has 3 amide bonds. The Labute approximate surface area is 241 Å². The van der Waals surface area contributed by atoms with Crippen LogP contribution in [0.15, 0.2) is 79.4 Å². The lowest BCUT2D eigenvalue weighted by molar-refractivity contribution is -0.135. The van der Waals surface area contributed by atoms with E-state index >= 15 is 0 Å². The summed E-state index contributed by atoms with van der Waals surface area (Å²) in [5.74, 6) is -0.236. The number of aromatic nitrogens is 2. The zero-order chi connectivity index (χ0) is 29.5. The summed E-state index contributed by atoms with van der Waals surface area (Å²) in [5.41, 5.74) is 2.02. The minimum atomic E-state index is -0.821. The van der Waals surface area contributed by atoms with Crippen molar-refractivity contribution in [1.29, 1.82) is 0 Å². The Hall–Kier alpha value is -4.47. The molecule has 0 aliphatic heterocycles. The molecule has 2 heterocycles. The van der Waals surface area contributed by atoms with Crippen molar-refractivity contribution in [2.75, 3.05) is 6.54 Å². The molecule has 3 aromatic rings. The van der Waals surface area contributed by atoms with Crippen molar-refractivity contribution < 1.29 is 23.9 Å². The summed E-state index contributed by atoms with van der Waals surface area (Å²) in [5, 5.41) is 5.51. The third kappa shape index (κ3) is 12.1. The van der Waals surface area contributed by atoms with Gasteiger partial charge in [-0.3, -0.25) is 14.8 Å². The number of benzene rings is 1. The molecule has 3 rings (SSSR count). The van der Waals surface area contributed by atoms with Gasteiger partial charge in [0, 0.05) is 44.4 Å². The molecule has 0 saturated carbocycles. The first kappa shape index (κ1) is 31.1. The maximum absolute atomic E-state index is 13.9. The lowest BCUT2D eigenvalue weighted by Crippen LogP contribution is -2.49. The van der Waals surface area contributed by atoms with Crippen molar-refractivity contribution in [1.82, 2.24) is 25.5 Å². The van der Waals surface area contributed by atoms with Crippen LogP contribution in [0.3, 0.4) is 0 Å². The van der Waals surface area contributed by atoms with E-state index in [2.05, 4.69) is 20.6 Å². The number of nitrogens with zero attached hydrogens (tertiary/aromatic N) is 3. The highest BCUT2D eigenvalue weighted by Crippen LogP contribution is 2.15. The third-order valence-corrected chi connectivity index (χ3v) is 5.95. The van der Waals surface area contributed by atoms with E-state index in [0.29, 0.717) is 38.9 Å². The number of hydrogen-bond acceptors (Lipinski definition) is 7. The Kier molecular flexibility index (Phi) is 12.1. The van der Waals surface area contributed by atoms with Gasteiger partial charge >= 0.3 is 12.2 Å². The summed E-state index contributed by atoms with van der Waals surface area (Å²) in [6, 6.07) is 16.0. The van der Waals surface area contributed by atoms with Gasteiger partial charge in [-0.05, 0) is 81.0 Å². The normalized spacial score (nSPS) is 11.7. The van der Waals surface area contributed by atoms with Crippen LogP contribution in [0.5, 0.6) is 0 Å². The summed E-state index contributed by atoms with van der Waals surface area (Å²) >= 11 is 0. The Morgan fingerprint density at radius 1 is 0.805 bits per heavy atom. The molecule has 2 aromatic heterocycles. The van der Waals surface area contributed by atoms with Crippen molar-refractivity contribution in [2.24, 2.45) is 0 Å². The van der Waals surface area contributed by atoms with Gasteiger partial charge in [-0.15, -0.1) is 0 Å². The molecule has 218 valence electrons. The quantitative estimate of drug-likeness (QED) is 0.282. The van der Waals surface area contributed by atoms with E-state index in [1.807, 2.05) is 54.6 Å². The number of pyridine rings is 2. The third-order valence-electron chi connectivity index (χ3n) is 5.95. The van der Waals surface area contributed by atoms with E-state index in [9.17, 15) is 14.4 Å². The number of hydrogen-bond donors (Lipinski definition) is 2. The van der Waals surface area contributed by atoms with E-state index in [4.69, 9.17) is 9.47 Å². The van der Waals surface area contributed by atoms with Gasteiger partial charge in [0.1, 0.15) is 18.2 Å². The summed E-state index contributed by atoms with van der Waals surface area (Å²) < 4.78 is 10.7. The molecular weight excluding hydrogens is 522 g/mol. The van der Waals surface area contributed by atoms with Crippen LogP contribution in [0.2, 0.25) is 0 Å². The number of carbonyl (C=O) groups is 3. The Balaban J connectivity index is 1.61. The number of rotatable bonds is 13. The lowest BCUT2D eigenvalue weighted by Gasteiger charge is -2.29. The van der Waals surface area contributed by atoms with Gasteiger partial charge in [0.2, 0.25) is 5.91 Å². The Morgan fingerprint density at radius 3 is 1.95 bits per heavy atom. The molecule has 0 saturated heterocycles. The second kappa shape index (κ2) is 16.0. The van der Waals surface area contributed by atoms with Gasteiger partial charge < -0.3 is 25.0 Å². The van der Waals surface area contributed by atoms with E-state index in [-0.39, 0.29) is 12.5 Å². The lowest BCUT2D eigenvalue weighted by atomic mass is 10.1. The van der Waals surface area contributed by atoms with Crippen LogP contribution < -0.4 is 10.6 Å². The number of carbonyl (C=O) groups excluding carboxylic acids is 3. The second-order valence-electron chi connectivity index (χ2n) is 10.6. The van der Waals surface area contributed by atoms with Crippen molar-refractivity contribution in [3.05, 3.63) is 96.1 Å². The standard InChI is InChI=1S/C31H39N5O5/c1-31(2,3)41-30(39)35-27(11-7-8-16-34-29(38)40-23-26-9-5-4-6-10-26)28(37)36(21-24-12-17-32-18-13-24)22-25-14-19-33-20-15-25/h4-6,9-10,12-15,17-20,27H,7-8,11,16,21-23H2,1-3H3,(H,34,38)(H,35,39)/t27-/m0/s1. The number of ether oxygens (including phenoxy) is 2. The zero-order valence-electron chi connectivity index (χ0n) is 23.9. The first-order chi connectivity index (χ1) is 19.7. The van der Waals surface area contributed by atoms with Crippen molar-refractivity contribution in [3.8, 4) is 0 Å². The highest BCUT2D eigenvalue weighted by Gasteiger charge is 2.28. The predicted molar refractivity (Wildman–Crippen MR) is 154 cm³/mol. The average molecular weight is 562 g/mol. The Morgan fingerprint density at radius 2 is 1.39 bits per heavy atom. The molecule has 0 unspecified atom stereocenters. The summed E-state index contributed by atoms with van der Waals surface area (Å²) in [6.07, 6.45) is 7.08. The summed E-state index contributed by atoms with van der Waals surface area (Å²) in [4.78, 5) is 48.5. The molecule has 10 nitrogen and oxygen atoms in total. The molecule has 10 heteroatoms. The van der Waals surface area contributed by atoms with Crippen LogP contribution in [0, 0.1) is 0 Å². The fraction of sp³-hybridized carbons (Fsp3) is 0.387. The van der Waals surface area contributed by atoms with Crippen LogP contribution >= 0.6 is 0 Å². The highest BCUT2D eigenvalue weighted by molar-refractivity contribution is 5.85. The number of unbranched alkanes of at least 4 members (excludes halogenated alkanes) is 1. The number of amides is 3. The predicted octanol–water partition coefficient (Wildman–Crippen LogP) is 5.00. The van der Waals surface area contributed by atoms with E-state index in [0.717, 1.165) is 16.7 Å². The molecule has 0 radical (unpaired) electrons.